The molecule has 0 amide bonds. The van der Waals surface area contributed by atoms with Gasteiger partial charge in [0.2, 0.25) is 5.82 Å². The number of rotatable bonds is 10. The highest BCUT2D eigenvalue weighted by atomic mass is 19.2. The number of nitrogens with zero attached hydrogens (tertiary/aromatic N) is 4. The molecule has 5 nitrogen and oxygen atoms in total. The highest BCUT2D eigenvalue weighted by Crippen LogP contribution is 2.55. The molecule has 1 aliphatic heterocycles. The van der Waals surface area contributed by atoms with Gasteiger partial charge in [-0.15, -0.1) is 0 Å². The van der Waals surface area contributed by atoms with E-state index >= 15 is 22.0 Å². The van der Waals surface area contributed by atoms with Crippen LogP contribution in [0.1, 0.15) is 105 Å². The summed E-state index contributed by atoms with van der Waals surface area (Å²) in [5, 5.41) is 2.10. The van der Waals surface area contributed by atoms with E-state index in [1.807, 2.05) is 123 Å². The topological polar surface area (TPSA) is 33.5 Å². The van der Waals surface area contributed by atoms with Gasteiger partial charge in [0.05, 0.1) is 33.7 Å². The second-order valence-electron chi connectivity index (χ2n) is 28.4. The summed E-state index contributed by atoms with van der Waals surface area (Å²) in [6.45, 7) is 25.3. The lowest BCUT2D eigenvalue weighted by atomic mass is 9.77. The Morgan fingerprint density at radius 1 is 0.359 bits per heavy atom. The van der Waals surface area contributed by atoms with Gasteiger partial charge in [-0.1, -0.05) is 210 Å². The molecule has 92 heavy (non-hydrogen) atoms. The van der Waals surface area contributed by atoms with E-state index in [1.165, 1.54) is 0 Å². The number of fused-ring (bicyclic) bond motifs is 4. The number of hydrogen-bond acceptors (Lipinski definition) is 4. The lowest BCUT2D eigenvalue weighted by molar-refractivity contribution is 0.381. The number of aromatic nitrogens is 2. The lowest BCUT2D eigenvalue weighted by Gasteiger charge is -2.32. The van der Waals surface area contributed by atoms with Crippen LogP contribution in [0.5, 0.6) is 11.5 Å². The Bertz CT molecular complexity index is 4750. The van der Waals surface area contributed by atoms with Crippen molar-refractivity contribution in [3.8, 4) is 73.0 Å². The second kappa shape index (κ2) is 22.8. The fourth-order valence-corrected chi connectivity index (χ4v) is 12.8. The first-order valence-corrected chi connectivity index (χ1v) is 31.3. The summed E-state index contributed by atoms with van der Waals surface area (Å²) in [4.78, 5) is 9.04. The molecule has 0 saturated heterocycles. The highest BCUT2D eigenvalue weighted by Gasteiger charge is 2.37. The van der Waals surface area contributed by atoms with E-state index in [4.69, 9.17) is 9.72 Å². The van der Waals surface area contributed by atoms with E-state index in [9.17, 15) is 0 Å². The molecule has 13 rings (SSSR count). The first-order chi connectivity index (χ1) is 43.7. The van der Waals surface area contributed by atoms with Crippen LogP contribution in [0.4, 0.5) is 44.7 Å². The average Bonchev–Trinajstić information content (AvgIpc) is 1.36. The van der Waals surface area contributed by atoms with Crippen molar-refractivity contribution in [2.24, 2.45) is 0 Å². The zero-order valence-corrected chi connectivity index (χ0v) is 54.0. The SMILES string of the molecule is CC(C)(C)c1cc(-c2cc(C(C)(C)C)cc(-c3c(F)c(F)c(F)c(F)c3F)c2N2CN(c3cc(Oc4ccc5c6ccccc6n(-c6cc(C(C)(C)C)ccn6)c5c4)cc(-c4c(-c5ccccc5)cccc4-c4ccccc4)c3)c3ccccc32)cc(C(C)(C)C)c1. The van der Waals surface area contributed by atoms with E-state index in [-0.39, 0.29) is 34.2 Å². The number of para-hydroxylation sites is 3. The minimum absolute atomic E-state index is 0.0240. The zero-order valence-electron chi connectivity index (χ0n) is 54.0. The lowest BCUT2D eigenvalue weighted by Crippen LogP contribution is -2.26. The van der Waals surface area contributed by atoms with Crippen molar-refractivity contribution < 1.29 is 26.7 Å². The summed E-state index contributed by atoms with van der Waals surface area (Å²) in [6.07, 6.45) is 1.87. The van der Waals surface area contributed by atoms with Crippen molar-refractivity contribution in [2.75, 3.05) is 16.5 Å². The van der Waals surface area contributed by atoms with Gasteiger partial charge in [-0.05, 0) is 150 Å². The van der Waals surface area contributed by atoms with Crippen molar-refractivity contribution in [1.29, 1.82) is 0 Å². The Hall–Kier alpha value is -9.80. The average molecular weight is 1230 g/mol. The van der Waals surface area contributed by atoms with Crippen LogP contribution in [0.15, 0.2) is 212 Å². The number of halogens is 5. The molecule has 10 heteroatoms. The Morgan fingerprint density at radius 3 is 1.48 bits per heavy atom. The zero-order chi connectivity index (χ0) is 64.9. The molecule has 0 N–H and O–H groups in total. The maximum absolute atomic E-state index is 17.1. The second-order valence-corrected chi connectivity index (χ2v) is 28.4. The summed E-state index contributed by atoms with van der Waals surface area (Å²) in [7, 11) is 0. The van der Waals surface area contributed by atoms with Gasteiger partial charge in [0, 0.05) is 45.9 Å². The van der Waals surface area contributed by atoms with E-state index in [0.717, 1.165) is 88.9 Å². The largest absolute Gasteiger partial charge is 0.457 e. The van der Waals surface area contributed by atoms with Gasteiger partial charge < -0.3 is 14.5 Å². The first-order valence-electron chi connectivity index (χ1n) is 31.3. The van der Waals surface area contributed by atoms with Crippen molar-refractivity contribution in [3.63, 3.8) is 0 Å². The number of anilines is 4. The minimum atomic E-state index is -2.23. The predicted molar refractivity (Wildman–Crippen MR) is 369 cm³/mol. The monoisotopic (exact) mass is 1220 g/mol. The molecule has 0 saturated carbocycles. The third kappa shape index (κ3) is 11.1. The molecule has 462 valence electrons. The van der Waals surface area contributed by atoms with Gasteiger partial charge in [0.15, 0.2) is 23.3 Å². The molecule has 10 aromatic carbocycles. The Morgan fingerprint density at radius 2 is 0.880 bits per heavy atom. The third-order valence-electron chi connectivity index (χ3n) is 17.9. The summed E-state index contributed by atoms with van der Waals surface area (Å²) in [5.74, 6) is -8.25. The highest BCUT2D eigenvalue weighted by molar-refractivity contribution is 6.09. The Kier molecular flexibility index (Phi) is 15.2. The van der Waals surface area contributed by atoms with E-state index in [2.05, 4.69) is 181 Å². The minimum Gasteiger partial charge on any atom is -0.457 e. The summed E-state index contributed by atoms with van der Waals surface area (Å²) < 4.78 is 90.9. The standard InChI is InChI=1S/C82H73F5N4O/c1-79(2,3)53-36-37-88-70(45-53)91-66-31-20-19-28-62(66)63-35-34-58(47-69(63)91)92-59-41-52(71-60(49-24-15-13-16-25-49)29-23-30-61(71)50-26-17-14-18-27-50)40-57(46-59)89-48-90(68-33-22-21-32-67(68)89)78-64(51-38-54(80(4,5)6)42-55(39-51)81(7,8)9)43-56(82(10,11)12)44-65(78)72-73(83)75(85)77(87)76(86)74(72)84/h13-47H,48H2,1-12H3. The third-order valence-corrected chi connectivity index (χ3v) is 17.9. The fraction of sp³-hybridized carbons (Fsp3) is 0.207. The van der Waals surface area contributed by atoms with Crippen molar-refractivity contribution in [1.82, 2.24) is 9.55 Å². The summed E-state index contributed by atoms with van der Waals surface area (Å²) in [5.41, 5.74) is 12.4. The molecular weight excluding hydrogens is 1150 g/mol. The van der Waals surface area contributed by atoms with Gasteiger partial charge in [-0.2, -0.15) is 0 Å². The molecule has 0 fully saturated rings. The summed E-state index contributed by atoms with van der Waals surface area (Å²) >= 11 is 0. The molecule has 1 aliphatic rings. The number of hydrogen-bond donors (Lipinski definition) is 0. The molecule has 0 radical (unpaired) electrons. The smallest absolute Gasteiger partial charge is 0.200 e. The van der Waals surface area contributed by atoms with Crippen LogP contribution in [-0.2, 0) is 21.7 Å². The van der Waals surface area contributed by atoms with E-state index < -0.39 is 40.1 Å². The number of pyridine rings is 1. The van der Waals surface area contributed by atoms with E-state index in [0.29, 0.717) is 34.0 Å². The normalized spacial score (nSPS) is 13.0. The molecule has 3 heterocycles. The van der Waals surface area contributed by atoms with Gasteiger partial charge in [-0.25, -0.2) is 26.9 Å². The molecule has 0 spiro atoms. The molecule has 12 aromatic rings. The Labute approximate surface area is 536 Å². The van der Waals surface area contributed by atoms with Crippen LogP contribution in [0.3, 0.4) is 0 Å². The molecule has 0 unspecified atom stereocenters. The van der Waals surface area contributed by atoms with Gasteiger partial charge >= 0.3 is 0 Å². The Balaban J connectivity index is 1.07. The van der Waals surface area contributed by atoms with E-state index in [1.54, 1.807) is 6.07 Å². The van der Waals surface area contributed by atoms with Crippen molar-refractivity contribution >= 4 is 44.6 Å². The fourth-order valence-electron chi connectivity index (χ4n) is 12.8. The number of benzene rings is 10. The quantitative estimate of drug-likeness (QED) is 0.0776. The van der Waals surface area contributed by atoms with Crippen molar-refractivity contribution in [2.45, 2.75) is 105 Å². The first kappa shape index (κ1) is 61.1. The van der Waals surface area contributed by atoms with Crippen LogP contribution in [0, 0.1) is 29.1 Å². The molecule has 0 atom stereocenters. The predicted octanol–water partition coefficient (Wildman–Crippen LogP) is 23.4. The van der Waals surface area contributed by atoms with Gasteiger partial charge in [0.25, 0.3) is 0 Å². The maximum atomic E-state index is 17.1. The number of ether oxygens (including phenoxy) is 1. The van der Waals surface area contributed by atoms with Crippen molar-refractivity contribution in [3.05, 3.63) is 264 Å². The molecule has 0 bridgehead atoms. The van der Waals surface area contributed by atoms with Crippen LogP contribution in [0.2, 0.25) is 0 Å². The molecule has 0 aliphatic carbocycles. The van der Waals surface area contributed by atoms with Crippen LogP contribution >= 0.6 is 0 Å². The maximum Gasteiger partial charge on any atom is 0.200 e. The molecule has 2 aromatic heterocycles. The summed E-state index contributed by atoms with van der Waals surface area (Å²) in [6, 6.07) is 69.6. The van der Waals surface area contributed by atoms with Gasteiger partial charge in [0.1, 0.15) is 24.0 Å². The van der Waals surface area contributed by atoms with Gasteiger partial charge in [-0.3, -0.25) is 4.57 Å². The van der Waals surface area contributed by atoms with Crippen LogP contribution in [-0.4, -0.2) is 16.2 Å². The van der Waals surface area contributed by atoms with Crippen LogP contribution in [0.25, 0.3) is 83.3 Å². The molecular formula is C82H73F5N4O. The van der Waals surface area contributed by atoms with Crippen LogP contribution < -0.4 is 14.5 Å².